The van der Waals surface area contributed by atoms with Gasteiger partial charge in [-0.15, -0.1) is 0 Å². The maximum atomic E-state index is 5.93. The zero-order valence-corrected chi connectivity index (χ0v) is 12.5. The van der Waals surface area contributed by atoms with Gasteiger partial charge < -0.3 is 10.5 Å². The fourth-order valence-electron chi connectivity index (χ4n) is 2.18. The average molecular weight is 314 g/mol. The van der Waals surface area contributed by atoms with Crippen LogP contribution < -0.4 is 5.73 Å². The Balaban J connectivity index is 2.17. The molecule has 1 fully saturated rings. The Labute approximate surface area is 116 Å². The molecule has 0 radical (unpaired) electrons. The Kier molecular flexibility index (Phi) is 4.56. The van der Waals surface area contributed by atoms with Gasteiger partial charge in [-0.25, -0.2) is 9.97 Å². The van der Waals surface area contributed by atoms with Crippen LogP contribution >= 0.6 is 15.9 Å². The smallest absolute Gasteiger partial charge is 0.141 e. The van der Waals surface area contributed by atoms with Crippen molar-refractivity contribution in [3.63, 3.8) is 0 Å². The van der Waals surface area contributed by atoms with Crippen LogP contribution in [0.25, 0.3) is 0 Å². The van der Waals surface area contributed by atoms with Crippen LogP contribution in [-0.2, 0) is 11.2 Å². The molecule has 2 N–H and O–H groups in total. The van der Waals surface area contributed by atoms with Crippen molar-refractivity contribution in [2.75, 3.05) is 12.3 Å². The molecule has 0 aromatic carbocycles. The van der Waals surface area contributed by atoms with E-state index < -0.39 is 0 Å². The molecule has 0 aliphatic carbocycles. The van der Waals surface area contributed by atoms with Crippen molar-refractivity contribution in [2.45, 2.75) is 51.6 Å². The molecule has 1 unspecified atom stereocenters. The third-order valence-electron chi connectivity index (χ3n) is 3.18. The van der Waals surface area contributed by atoms with Crippen LogP contribution in [0.15, 0.2) is 4.47 Å². The minimum atomic E-state index is 0.249. The molecule has 1 aromatic heterocycles. The second kappa shape index (κ2) is 5.97. The number of anilines is 1. The van der Waals surface area contributed by atoms with E-state index in [1.54, 1.807) is 0 Å². The summed E-state index contributed by atoms with van der Waals surface area (Å²) < 4.78 is 6.54. The maximum Gasteiger partial charge on any atom is 0.141 e. The Morgan fingerprint density at radius 1 is 1.39 bits per heavy atom. The molecule has 100 valence electrons. The summed E-state index contributed by atoms with van der Waals surface area (Å²) in [5.41, 5.74) is 6.91. The number of ether oxygens (including phenoxy) is 1. The van der Waals surface area contributed by atoms with Crippen LogP contribution in [0.4, 0.5) is 5.82 Å². The third kappa shape index (κ3) is 3.20. The van der Waals surface area contributed by atoms with E-state index in [9.17, 15) is 0 Å². The van der Waals surface area contributed by atoms with E-state index in [1.807, 2.05) is 0 Å². The molecule has 1 atom stereocenters. The highest BCUT2D eigenvalue weighted by molar-refractivity contribution is 9.10. The van der Waals surface area contributed by atoms with Gasteiger partial charge in [0.25, 0.3) is 0 Å². The Hall–Kier alpha value is -0.680. The van der Waals surface area contributed by atoms with E-state index in [2.05, 4.69) is 39.7 Å². The lowest BCUT2D eigenvalue weighted by molar-refractivity contribution is 0.0156. The number of nitrogen functional groups attached to an aromatic ring is 1. The summed E-state index contributed by atoms with van der Waals surface area (Å²) in [5, 5.41) is 0. The van der Waals surface area contributed by atoms with E-state index in [0.717, 1.165) is 41.9 Å². The summed E-state index contributed by atoms with van der Waals surface area (Å²) in [6.07, 6.45) is 4.50. The van der Waals surface area contributed by atoms with Gasteiger partial charge in [0.2, 0.25) is 0 Å². The van der Waals surface area contributed by atoms with Crippen molar-refractivity contribution in [3.8, 4) is 0 Å². The molecule has 2 rings (SSSR count). The number of nitrogens with two attached hydrogens (primary N) is 1. The van der Waals surface area contributed by atoms with Crippen LogP contribution in [0, 0.1) is 0 Å². The van der Waals surface area contributed by atoms with Gasteiger partial charge >= 0.3 is 0 Å². The highest BCUT2D eigenvalue weighted by Crippen LogP contribution is 2.27. The third-order valence-corrected chi connectivity index (χ3v) is 3.99. The molecule has 2 heterocycles. The SMILES string of the molecule is CC(C)c1nc(CC2CCCCO2)nc(N)c1Br. The fraction of sp³-hybridized carbons (Fsp3) is 0.692. The van der Waals surface area contributed by atoms with E-state index in [-0.39, 0.29) is 6.10 Å². The van der Waals surface area contributed by atoms with Crippen molar-refractivity contribution in [1.82, 2.24) is 9.97 Å². The zero-order chi connectivity index (χ0) is 13.1. The van der Waals surface area contributed by atoms with Crippen molar-refractivity contribution in [2.24, 2.45) is 0 Å². The number of hydrogen-bond acceptors (Lipinski definition) is 4. The Morgan fingerprint density at radius 2 is 2.17 bits per heavy atom. The molecule has 0 spiro atoms. The molecule has 1 aliphatic rings. The largest absolute Gasteiger partial charge is 0.383 e. The van der Waals surface area contributed by atoms with Crippen LogP contribution in [0.1, 0.15) is 50.5 Å². The van der Waals surface area contributed by atoms with Crippen molar-refractivity contribution in [3.05, 3.63) is 16.0 Å². The van der Waals surface area contributed by atoms with Crippen molar-refractivity contribution >= 4 is 21.7 Å². The summed E-state index contributed by atoms with van der Waals surface area (Å²) in [6.45, 7) is 5.06. The van der Waals surface area contributed by atoms with Gasteiger partial charge in [-0.1, -0.05) is 13.8 Å². The van der Waals surface area contributed by atoms with Gasteiger partial charge in [-0.3, -0.25) is 0 Å². The van der Waals surface area contributed by atoms with Gasteiger partial charge in [0.1, 0.15) is 11.6 Å². The molecule has 1 aliphatic heterocycles. The summed E-state index contributed by atoms with van der Waals surface area (Å²) in [6, 6.07) is 0. The summed E-state index contributed by atoms with van der Waals surface area (Å²) >= 11 is 3.46. The minimum Gasteiger partial charge on any atom is -0.383 e. The first-order chi connectivity index (χ1) is 8.58. The van der Waals surface area contributed by atoms with Gasteiger partial charge in [0.15, 0.2) is 0 Å². The standard InChI is InChI=1S/C13H20BrN3O/c1-8(2)12-11(14)13(15)17-10(16-12)7-9-5-3-4-6-18-9/h8-9H,3-7H2,1-2H3,(H2,15,16,17). The van der Waals surface area contributed by atoms with Gasteiger partial charge in [-0.05, 0) is 41.1 Å². The molecular weight excluding hydrogens is 294 g/mol. The highest BCUT2D eigenvalue weighted by atomic mass is 79.9. The predicted molar refractivity (Wildman–Crippen MR) is 75.5 cm³/mol. The molecular formula is C13H20BrN3O. The van der Waals surface area contributed by atoms with Gasteiger partial charge in [0.05, 0.1) is 16.3 Å². The van der Waals surface area contributed by atoms with Crippen molar-refractivity contribution in [1.29, 1.82) is 0 Å². The van der Waals surface area contributed by atoms with E-state index >= 15 is 0 Å². The monoisotopic (exact) mass is 313 g/mol. The lowest BCUT2D eigenvalue weighted by Gasteiger charge is -2.22. The van der Waals surface area contributed by atoms with Gasteiger partial charge in [0, 0.05) is 13.0 Å². The van der Waals surface area contributed by atoms with Crippen molar-refractivity contribution < 1.29 is 4.74 Å². The molecule has 0 bridgehead atoms. The van der Waals surface area contributed by atoms with Crippen LogP contribution in [0.5, 0.6) is 0 Å². The fourth-order valence-corrected chi connectivity index (χ4v) is 2.81. The van der Waals surface area contributed by atoms with E-state index in [1.165, 1.54) is 6.42 Å². The first-order valence-corrected chi connectivity index (χ1v) is 7.30. The summed E-state index contributed by atoms with van der Waals surface area (Å²) in [5.74, 6) is 1.65. The summed E-state index contributed by atoms with van der Waals surface area (Å²) in [4.78, 5) is 8.96. The summed E-state index contributed by atoms with van der Waals surface area (Å²) in [7, 11) is 0. The number of rotatable bonds is 3. The van der Waals surface area contributed by atoms with Crippen LogP contribution in [0.3, 0.4) is 0 Å². The Bertz CT molecular complexity index is 417. The predicted octanol–water partition coefficient (Wildman–Crippen LogP) is 3.06. The number of hydrogen-bond donors (Lipinski definition) is 1. The highest BCUT2D eigenvalue weighted by Gasteiger charge is 2.18. The molecule has 1 saturated heterocycles. The second-order valence-corrected chi connectivity index (χ2v) is 5.86. The second-order valence-electron chi connectivity index (χ2n) is 5.07. The lowest BCUT2D eigenvalue weighted by Crippen LogP contribution is -2.23. The Morgan fingerprint density at radius 3 is 2.78 bits per heavy atom. The first-order valence-electron chi connectivity index (χ1n) is 6.51. The molecule has 0 amide bonds. The quantitative estimate of drug-likeness (QED) is 0.931. The topological polar surface area (TPSA) is 61.0 Å². The van der Waals surface area contributed by atoms with Crippen LogP contribution in [0.2, 0.25) is 0 Å². The number of halogens is 1. The van der Waals surface area contributed by atoms with Crippen LogP contribution in [-0.4, -0.2) is 22.7 Å². The molecule has 18 heavy (non-hydrogen) atoms. The van der Waals surface area contributed by atoms with E-state index in [0.29, 0.717) is 11.7 Å². The number of aromatic nitrogens is 2. The maximum absolute atomic E-state index is 5.93. The number of nitrogens with zero attached hydrogens (tertiary/aromatic N) is 2. The normalized spacial score (nSPS) is 20.3. The first kappa shape index (κ1) is 13.7. The molecule has 5 heteroatoms. The lowest BCUT2D eigenvalue weighted by atomic mass is 10.1. The van der Waals surface area contributed by atoms with Gasteiger partial charge in [-0.2, -0.15) is 0 Å². The minimum absolute atomic E-state index is 0.249. The average Bonchev–Trinajstić information content (AvgIpc) is 2.34. The zero-order valence-electron chi connectivity index (χ0n) is 10.9. The van der Waals surface area contributed by atoms with E-state index in [4.69, 9.17) is 10.5 Å². The molecule has 4 nitrogen and oxygen atoms in total. The molecule has 0 saturated carbocycles. The molecule has 1 aromatic rings.